The second-order valence-electron chi connectivity index (χ2n) is 5.29. The number of anilines is 1. The van der Waals surface area contributed by atoms with Gasteiger partial charge >= 0.3 is 0 Å². The number of amides is 1. The number of hydrogen-bond donors (Lipinski definition) is 1. The number of halogens is 1. The van der Waals surface area contributed by atoms with Gasteiger partial charge in [0.25, 0.3) is 15.9 Å². The zero-order chi connectivity index (χ0) is 17.2. The summed E-state index contributed by atoms with van der Waals surface area (Å²) in [4.78, 5) is 13.3. The summed E-state index contributed by atoms with van der Waals surface area (Å²) >= 11 is 5.90. The van der Waals surface area contributed by atoms with Crippen LogP contribution in [0.4, 0.5) is 5.69 Å². The fourth-order valence-electron chi connectivity index (χ4n) is 1.94. The Morgan fingerprint density at radius 1 is 1.09 bits per heavy atom. The molecule has 0 aliphatic rings. The first-order chi connectivity index (χ1) is 10.7. The van der Waals surface area contributed by atoms with Crippen LogP contribution in [0.3, 0.4) is 0 Å². The summed E-state index contributed by atoms with van der Waals surface area (Å²) < 4.78 is 27.4. The van der Waals surface area contributed by atoms with Gasteiger partial charge in [0.05, 0.1) is 10.6 Å². The Morgan fingerprint density at radius 2 is 1.70 bits per heavy atom. The molecule has 0 aliphatic carbocycles. The molecule has 2 aromatic rings. The quantitative estimate of drug-likeness (QED) is 0.919. The maximum atomic E-state index is 12.4. The van der Waals surface area contributed by atoms with E-state index in [0.29, 0.717) is 16.3 Å². The third-order valence-corrected chi connectivity index (χ3v) is 4.88. The van der Waals surface area contributed by atoms with E-state index in [0.717, 1.165) is 5.56 Å². The van der Waals surface area contributed by atoms with Crippen LogP contribution in [0.25, 0.3) is 0 Å². The molecule has 7 heteroatoms. The zero-order valence-electron chi connectivity index (χ0n) is 13.0. The number of aryl methyl sites for hydroxylation is 1. The second-order valence-corrected chi connectivity index (χ2v) is 7.41. The normalized spacial score (nSPS) is 11.1. The van der Waals surface area contributed by atoms with E-state index in [-0.39, 0.29) is 10.8 Å². The van der Waals surface area contributed by atoms with E-state index < -0.39 is 10.0 Å². The highest BCUT2D eigenvalue weighted by molar-refractivity contribution is 7.92. The van der Waals surface area contributed by atoms with Crippen molar-refractivity contribution in [2.75, 3.05) is 18.8 Å². The summed E-state index contributed by atoms with van der Waals surface area (Å²) in [6.07, 6.45) is 0. The molecule has 0 radical (unpaired) electrons. The van der Waals surface area contributed by atoms with Crippen LogP contribution < -0.4 is 4.72 Å². The number of nitrogens with zero attached hydrogens (tertiary/aromatic N) is 1. The fourth-order valence-corrected chi connectivity index (χ4v) is 3.24. The molecule has 2 rings (SSSR count). The molecule has 0 unspecified atom stereocenters. The standard InChI is InChI=1S/C16H17ClN2O3S/c1-11-4-7-13(17)10-15(11)18-23(21,22)14-8-5-12(6-9-14)16(20)19(2)3/h4-10,18H,1-3H3. The number of benzene rings is 2. The van der Waals surface area contributed by atoms with Crippen LogP contribution in [0.1, 0.15) is 15.9 Å². The molecule has 0 atom stereocenters. The fraction of sp³-hybridized carbons (Fsp3) is 0.188. The first-order valence-corrected chi connectivity index (χ1v) is 8.67. The van der Waals surface area contributed by atoms with Gasteiger partial charge in [0.1, 0.15) is 0 Å². The van der Waals surface area contributed by atoms with Crippen molar-refractivity contribution in [3.8, 4) is 0 Å². The zero-order valence-corrected chi connectivity index (χ0v) is 14.6. The molecule has 122 valence electrons. The Balaban J connectivity index is 2.29. The minimum atomic E-state index is -3.75. The van der Waals surface area contributed by atoms with Crippen molar-refractivity contribution in [3.05, 3.63) is 58.6 Å². The molecule has 0 heterocycles. The van der Waals surface area contributed by atoms with Crippen molar-refractivity contribution in [2.24, 2.45) is 0 Å². The van der Waals surface area contributed by atoms with Crippen LogP contribution in [0.2, 0.25) is 5.02 Å². The molecule has 0 saturated heterocycles. The molecule has 0 bridgehead atoms. The van der Waals surface area contributed by atoms with Gasteiger partial charge in [0, 0.05) is 24.7 Å². The average Bonchev–Trinajstić information content (AvgIpc) is 2.50. The van der Waals surface area contributed by atoms with E-state index in [2.05, 4.69) is 4.72 Å². The Labute approximate surface area is 140 Å². The molecule has 1 N–H and O–H groups in total. The lowest BCUT2D eigenvalue weighted by atomic mass is 10.2. The lowest BCUT2D eigenvalue weighted by molar-refractivity contribution is 0.0827. The number of carbonyl (C=O) groups excluding carboxylic acids is 1. The van der Waals surface area contributed by atoms with Crippen molar-refractivity contribution >= 4 is 33.2 Å². The summed E-state index contributed by atoms with van der Waals surface area (Å²) in [5.41, 5.74) is 1.61. The monoisotopic (exact) mass is 352 g/mol. The highest BCUT2D eigenvalue weighted by Crippen LogP contribution is 2.23. The first kappa shape index (κ1) is 17.3. The summed E-state index contributed by atoms with van der Waals surface area (Å²) in [6, 6.07) is 10.8. The maximum absolute atomic E-state index is 12.4. The lowest BCUT2D eigenvalue weighted by Gasteiger charge is -2.12. The molecule has 2 aromatic carbocycles. The van der Waals surface area contributed by atoms with Gasteiger partial charge in [0.15, 0.2) is 0 Å². The minimum Gasteiger partial charge on any atom is -0.345 e. The molecular weight excluding hydrogens is 336 g/mol. The number of nitrogens with one attached hydrogen (secondary N) is 1. The van der Waals surface area contributed by atoms with Crippen molar-refractivity contribution in [3.63, 3.8) is 0 Å². The molecule has 0 spiro atoms. The van der Waals surface area contributed by atoms with E-state index in [1.54, 1.807) is 39.2 Å². The van der Waals surface area contributed by atoms with Crippen LogP contribution in [-0.4, -0.2) is 33.3 Å². The first-order valence-electron chi connectivity index (χ1n) is 6.81. The average molecular weight is 353 g/mol. The van der Waals surface area contributed by atoms with E-state index in [1.807, 2.05) is 0 Å². The Hall–Kier alpha value is -2.05. The molecule has 1 amide bonds. The molecule has 23 heavy (non-hydrogen) atoms. The smallest absolute Gasteiger partial charge is 0.261 e. The highest BCUT2D eigenvalue weighted by Gasteiger charge is 2.17. The maximum Gasteiger partial charge on any atom is 0.261 e. The summed E-state index contributed by atoms with van der Waals surface area (Å²) in [7, 11) is -0.478. The molecule has 0 aliphatic heterocycles. The highest BCUT2D eigenvalue weighted by atomic mass is 35.5. The van der Waals surface area contributed by atoms with Crippen molar-refractivity contribution in [1.29, 1.82) is 0 Å². The van der Waals surface area contributed by atoms with Crippen molar-refractivity contribution < 1.29 is 13.2 Å². The molecule has 0 fully saturated rings. The van der Waals surface area contributed by atoms with Crippen LogP contribution in [-0.2, 0) is 10.0 Å². The lowest BCUT2D eigenvalue weighted by Crippen LogP contribution is -2.21. The predicted octanol–water partition coefficient (Wildman–Crippen LogP) is 3.15. The van der Waals surface area contributed by atoms with E-state index >= 15 is 0 Å². The minimum absolute atomic E-state index is 0.0761. The van der Waals surface area contributed by atoms with Gasteiger partial charge in [-0.1, -0.05) is 17.7 Å². The van der Waals surface area contributed by atoms with Gasteiger partial charge in [-0.05, 0) is 48.9 Å². The van der Waals surface area contributed by atoms with Crippen LogP contribution in [0.15, 0.2) is 47.4 Å². The third kappa shape index (κ3) is 4.03. The van der Waals surface area contributed by atoms with Gasteiger partial charge in [-0.25, -0.2) is 8.42 Å². The van der Waals surface area contributed by atoms with Gasteiger partial charge in [-0.15, -0.1) is 0 Å². The topological polar surface area (TPSA) is 66.5 Å². The molecule has 5 nitrogen and oxygen atoms in total. The van der Waals surface area contributed by atoms with Crippen molar-refractivity contribution in [1.82, 2.24) is 4.90 Å². The number of rotatable bonds is 4. The SMILES string of the molecule is Cc1ccc(Cl)cc1NS(=O)(=O)c1ccc(C(=O)N(C)C)cc1. The van der Waals surface area contributed by atoms with Crippen LogP contribution >= 0.6 is 11.6 Å². The van der Waals surface area contributed by atoms with E-state index in [1.165, 1.54) is 29.2 Å². The Morgan fingerprint density at radius 3 is 2.26 bits per heavy atom. The Kier molecular flexibility index (Phi) is 4.97. The summed E-state index contributed by atoms with van der Waals surface area (Å²) in [5.74, 6) is -0.187. The van der Waals surface area contributed by atoms with Crippen LogP contribution in [0, 0.1) is 6.92 Å². The van der Waals surface area contributed by atoms with E-state index in [9.17, 15) is 13.2 Å². The molecule has 0 saturated carbocycles. The number of sulfonamides is 1. The summed E-state index contributed by atoms with van der Waals surface area (Å²) in [5, 5.41) is 0.445. The largest absolute Gasteiger partial charge is 0.345 e. The van der Waals surface area contributed by atoms with E-state index in [4.69, 9.17) is 11.6 Å². The summed E-state index contributed by atoms with van der Waals surface area (Å²) in [6.45, 7) is 1.78. The second kappa shape index (κ2) is 6.60. The third-order valence-electron chi connectivity index (χ3n) is 3.26. The molecule has 0 aromatic heterocycles. The number of hydrogen-bond acceptors (Lipinski definition) is 3. The molecular formula is C16H17ClN2O3S. The van der Waals surface area contributed by atoms with Gasteiger partial charge in [0.2, 0.25) is 0 Å². The van der Waals surface area contributed by atoms with Crippen LogP contribution in [0.5, 0.6) is 0 Å². The van der Waals surface area contributed by atoms with Gasteiger partial charge < -0.3 is 4.90 Å². The van der Waals surface area contributed by atoms with Gasteiger partial charge in [-0.3, -0.25) is 9.52 Å². The van der Waals surface area contributed by atoms with Gasteiger partial charge in [-0.2, -0.15) is 0 Å². The Bertz CT molecular complexity index is 831. The number of carbonyl (C=O) groups is 1. The van der Waals surface area contributed by atoms with Crippen molar-refractivity contribution in [2.45, 2.75) is 11.8 Å². The predicted molar refractivity (Wildman–Crippen MR) is 91.5 cm³/mol.